The summed E-state index contributed by atoms with van der Waals surface area (Å²) in [5.74, 6) is 0.483. The molecule has 0 aromatic carbocycles. The van der Waals surface area contributed by atoms with Crippen LogP contribution < -0.4 is 5.73 Å². The molecule has 1 aromatic heterocycles. The third-order valence-electron chi connectivity index (χ3n) is 3.50. The van der Waals surface area contributed by atoms with Gasteiger partial charge >= 0.3 is 0 Å². The Kier molecular flexibility index (Phi) is 5.02. The van der Waals surface area contributed by atoms with Gasteiger partial charge in [0.25, 0.3) is 0 Å². The average Bonchev–Trinajstić information content (AvgIpc) is 2.82. The van der Waals surface area contributed by atoms with E-state index >= 15 is 0 Å². The summed E-state index contributed by atoms with van der Waals surface area (Å²) < 4.78 is 0.738. The zero-order valence-electron chi connectivity index (χ0n) is 11.0. The minimum atomic E-state index is 0.0647. The quantitative estimate of drug-likeness (QED) is 0.872. The average molecular weight is 299 g/mol. The van der Waals surface area contributed by atoms with Crippen LogP contribution in [-0.4, -0.2) is 29.9 Å². The molecule has 5 heteroatoms. The maximum absolute atomic E-state index is 12.1. The molecule has 3 nitrogen and oxygen atoms in total. The first kappa shape index (κ1) is 14.6. The highest BCUT2D eigenvalue weighted by Gasteiger charge is 2.24. The molecule has 104 valence electrons. The van der Waals surface area contributed by atoms with Crippen molar-refractivity contribution in [2.75, 3.05) is 13.1 Å². The smallest absolute Gasteiger partial charge is 0.246 e. The van der Waals surface area contributed by atoms with Crippen molar-refractivity contribution in [3.8, 4) is 0 Å². The summed E-state index contributed by atoms with van der Waals surface area (Å²) in [6.45, 7) is 3.62. The lowest BCUT2D eigenvalue weighted by molar-refractivity contribution is -0.127. The van der Waals surface area contributed by atoms with Crippen molar-refractivity contribution in [3.63, 3.8) is 0 Å². The normalized spacial score (nSPS) is 21.8. The van der Waals surface area contributed by atoms with E-state index in [1.54, 1.807) is 6.08 Å². The minimum absolute atomic E-state index is 0.0647. The SMILES string of the molecule is CC(N)C1CCCN(C(=O)C=Cc2ccc(Cl)s2)C1. The van der Waals surface area contributed by atoms with Gasteiger partial charge in [-0.3, -0.25) is 4.79 Å². The lowest BCUT2D eigenvalue weighted by atomic mass is 9.92. The van der Waals surface area contributed by atoms with Crippen LogP contribution in [0.5, 0.6) is 0 Å². The van der Waals surface area contributed by atoms with E-state index in [2.05, 4.69) is 0 Å². The Bertz CT molecular complexity index is 470. The van der Waals surface area contributed by atoms with Gasteiger partial charge in [0.2, 0.25) is 5.91 Å². The Morgan fingerprint density at radius 2 is 2.42 bits per heavy atom. The monoisotopic (exact) mass is 298 g/mol. The number of amides is 1. The zero-order valence-corrected chi connectivity index (χ0v) is 12.6. The topological polar surface area (TPSA) is 46.3 Å². The van der Waals surface area contributed by atoms with Gasteiger partial charge in [-0.2, -0.15) is 0 Å². The Morgan fingerprint density at radius 1 is 1.63 bits per heavy atom. The number of rotatable bonds is 3. The summed E-state index contributed by atoms with van der Waals surface area (Å²) in [7, 11) is 0. The second-order valence-electron chi connectivity index (χ2n) is 5.02. The first-order valence-corrected chi connectivity index (χ1v) is 7.73. The minimum Gasteiger partial charge on any atom is -0.339 e. The van der Waals surface area contributed by atoms with Crippen LogP contribution in [0.3, 0.4) is 0 Å². The van der Waals surface area contributed by atoms with Gasteiger partial charge in [-0.15, -0.1) is 11.3 Å². The molecule has 0 spiro atoms. The standard InChI is InChI=1S/C14H19ClN2OS/c1-10(16)11-3-2-8-17(9-11)14(18)7-5-12-4-6-13(15)19-12/h4-7,10-11H,2-3,8-9,16H2,1H3. The van der Waals surface area contributed by atoms with E-state index in [-0.39, 0.29) is 11.9 Å². The summed E-state index contributed by atoms with van der Waals surface area (Å²) in [4.78, 5) is 15.0. The number of nitrogens with two attached hydrogens (primary N) is 1. The molecule has 1 fully saturated rings. The Morgan fingerprint density at radius 3 is 3.05 bits per heavy atom. The highest BCUT2D eigenvalue weighted by molar-refractivity contribution is 7.17. The Hall–Kier alpha value is -0.840. The maximum atomic E-state index is 12.1. The summed E-state index contributed by atoms with van der Waals surface area (Å²) in [6.07, 6.45) is 5.61. The zero-order chi connectivity index (χ0) is 13.8. The van der Waals surface area contributed by atoms with Crippen LogP contribution >= 0.6 is 22.9 Å². The third-order valence-corrected chi connectivity index (χ3v) is 4.69. The van der Waals surface area contributed by atoms with Crippen molar-refractivity contribution in [3.05, 3.63) is 27.4 Å². The largest absolute Gasteiger partial charge is 0.339 e. The van der Waals surface area contributed by atoms with Gasteiger partial charge in [-0.25, -0.2) is 0 Å². The Labute approximate surface area is 123 Å². The fourth-order valence-corrected chi connectivity index (χ4v) is 3.28. The van der Waals surface area contributed by atoms with Crippen molar-refractivity contribution >= 4 is 34.9 Å². The highest BCUT2D eigenvalue weighted by Crippen LogP contribution is 2.23. The molecule has 2 unspecified atom stereocenters. The fraction of sp³-hybridized carbons (Fsp3) is 0.500. The third kappa shape index (κ3) is 4.06. The number of piperidine rings is 1. The van der Waals surface area contributed by atoms with Crippen LogP contribution in [0.25, 0.3) is 6.08 Å². The van der Waals surface area contributed by atoms with Crippen LogP contribution in [0.1, 0.15) is 24.6 Å². The number of likely N-dealkylation sites (tertiary alicyclic amines) is 1. The second kappa shape index (κ2) is 6.55. The number of hydrogen-bond acceptors (Lipinski definition) is 3. The maximum Gasteiger partial charge on any atom is 0.246 e. The molecule has 1 saturated heterocycles. The summed E-state index contributed by atoms with van der Waals surface area (Å²) in [6, 6.07) is 3.90. The van der Waals surface area contributed by atoms with E-state index < -0.39 is 0 Å². The fourth-order valence-electron chi connectivity index (χ4n) is 2.32. The summed E-state index contributed by atoms with van der Waals surface area (Å²) in [5, 5.41) is 0. The first-order valence-electron chi connectivity index (χ1n) is 6.54. The number of thiophene rings is 1. The second-order valence-corrected chi connectivity index (χ2v) is 6.77. The number of nitrogens with zero attached hydrogens (tertiary/aromatic N) is 1. The molecule has 2 rings (SSSR count). The molecule has 0 radical (unpaired) electrons. The molecular formula is C14H19ClN2OS. The lowest BCUT2D eigenvalue weighted by Gasteiger charge is -2.34. The first-order chi connectivity index (χ1) is 9.06. The molecule has 1 aromatic rings. The van der Waals surface area contributed by atoms with Gasteiger partial charge < -0.3 is 10.6 Å². The lowest BCUT2D eigenvalue weighted by Crippen LogP contribution is -2.44. The van der Waals surface area contributed by atoms with Gasteiger partial charge in [0.05, 0.1) is 4.34 Å². The van der Waals surface area contributed by atoms with Crippen molar-refractivity contribution in [1.29, 1.82) is 0 Å². The molecule has 0 bridgehead atoms. The highest BCUT2D eigenvalue weighted by atomic mass is 35.5. The molecule has 1 aliphatic rings. The van der Waals surface area contributed by atoms with E-state index in [4.69, 9.17) is 17.3 Å². The van der Waals surface area contributed by atoms with E-state index in [1.807, 2.05) is 30.0 Å². The van der Waals surface area contributed by atoms with Crippen molar-refractivity contribution < 1.29 is 4.79 Å². The molecular weight excluding hydrogens is 280 g/mol. The van der Waals surface area contributed by atoms with Crippen molar-refractivity contribution in [1.82, 2.24) is 4.90 Å². The molecule has 19 heavy (non-hydrogen) atoms. The van der Waals surface area contributed by atoms with Crippen molar-refractivity contribution in [2.45, 2.75) is 25.8 Å². The van der Waals surface area contributed by atoms with E-state index in [0.717, 1.165) is 35.1 Å². The molecule has 0 aliphatic carbocycles. The molecule has 2 heterocycles. The number of hydrogen-bond donors (Lipinski definition) is 1. The number of carbonyl (C=O) groups is 1. The summed E-state index contributed by atoms with van der Waals surface area (Å²) in [5.41, 5.74) is 5.93. The van der Waals surface area contributed by atoms with Crippen LogP contribution in [0.4, 0.5) is 0 Å². The van der Waals surface area contributed by atoms with Crippen LogP contribution in [0.15, 0.2) is 18.2 Å². The number of halogens is 1. The predicted octanol–water partition coefficient (Wildman–Crippen LogP) is 3.00. The predicted molar refractivity (Wildman–Crippen MR) is 81.3 cm³/mol. The van der Waals surface area contributed by atoms with Gasteiger partial charge in [0.15, 0.2) is 0 Å². The summed E-state index contributed by atoms with van der Waals surface area (Å²) >= 11 is 7.32. The molecule has 1 amide bonds. The van der Waals surface area contributed by atoms with Gasteiger partial charge in [0.1, 0.15) is 0 Å². The van der Waals surface area contributed by atoms with Gasteiger partial charge in [0, 0.05) is 30.1 Å². The van der Waals surface area contributed by atoms with Crippen LogP contribution in [0, 0.1) is 5.92 Å². The number of carbonyl (C=O) groups excluding carboxylic acids is 1. The molecule has 2 N–H and O–H groups in total. The van der Waals surface area contributed by atoms with E-state index in [9.17, 15) is 4.79 Å². The van der Waals surface area contributed by atoms with E-state index in [1.165, 1.54) is 11.3 Å². The van der Waals surface area contributed by atoms with Gasteiger partial charge in [-0.05, 0) is 43.9 Å². The Balaban J connectivity index is 1.94. The van der Waals surface area contributed by atoms with Crippen LogP contribution in [-0.2, 0) is 4.79 Å². The van der Waals surface area contributed by atoms with Gasteiger partial charge in [-0.1, -0.05) is 11.6 Å². The molecule has 2 atom stereocenters. The van der Waals surface area contributed by atoms with E-state index in [0.29, 0.717) is 5.92 Å². The van der Waals surface area contributed by atoms with Crippen LogP contribution in [0.2, 0.25) is 4.34 Å². The molecule has 1 aliphatic heterocycles. The molecule has 0 saturated carbocycles. The van der Waals surface area contributed by atoms with Crippen molar-refractivity contribution in [2.24, 2.45) is 11.7 Å².